The molecule has 0 saturated carbocycles. The Labute approximate surface area is 103 Å². The molecule has 94 valence electrons. The Kier molecular flexibility index (Phi) is 3.46. The van der Waals surface area contributed by atoms with E-state index in [0.29, 0.717) is 5.92 Å². The third-order valence-corrected chi connectivity index (χ3v) is 6.01. The highest BCUT2D eigenvalue weighted by atomic mass is 32.2. The van der Waals surface area contributed by atoms with Gasteiger partial charge >= 0.3 is 0 Å². The van der Waals surface area contributed by atoms with Gasteiger partial charge in [-0.25, -0.2) is 0 Å². The molecular formula is C14H26OS. The molecule has 0 aromatic carbocycles. The number of hydrogen-bond donors (Lipinski definition) is 0. The predicted molar refractivity (Wildman–Crippen MR) is 72.7 cm³/mol. The molecule has 2 heteroatoms. The third kappa shape index (κ3) is 2.27. The van der Waals surface area contributed by atoms with Crippen LogP contribution in [0.2, 0.25) is 0 Å². The molecule has 0 aliphatic carbocycles. The van der Waals surface area contributed by atoms with E-state index in [4.69, 9.17) is 0 Å². The first-order chi connectivity index (χ1) is 6.98. The van der Waals surface area contributed by atoms with Gasteiger partial charge in [-0.1, -0.05) is 47.1 Å². The molecule has 0 saturated heterocycles. The standard InChI is InChI=1S/C14H26OS/c1-9-10(2)16(15)12(14(6,7)8)11(9)13(3,4)5/h11-12H,1-8H3. The fraction of sp³-hybridized carbons (Fsp3) is 0.857. The van der Waals surface area contributed by atoms with Crippen LogP contribution >= 0.6 is 0 Å². The van der Waals surface area contributed by atoms with Crippen LogP contribution in [0.3, 0.4) is 0 Å². The topological polar surface area (TPSA) is 17.1 Å². The summed E-state index contributed by atoms with van der Waals surface area (Å²) < 4.78 is 12.5. The Morgan fingerprint density at radius 2 is 1.38 bits per heavy atom. The molecule has 0 aromatic heterocycles. The first-order valence-corrected chi connectivity index (χ1v) is 7.27. The summed E-state index contributed by atoms with van der Waals surface area (Å²) in [5.74, 6) is 0.438. The molecule has 1 aliphatic heterocycles. The average Bonchev–Trinajstić information content (AvgIpc) is 2.27. The van der Waals surface area contributed by atoms with E-state index in [9.17, 15) is 4.21 Å². The predicted octanol–water partition coefficient (Wildman–Crippen LogP) is 4.12. The average molecular weight is 242 g/mol. The van der Waals surface area contributed by atoms with E-state index in [2.05, 4.69) is 48.5 Å². The van der Waals surface area contributed by atoms with Gasteiger partial charge in [0.15, 0.2) is 0 Å². The molecule has 1 nitrogen and oxygen atoms in total. The summed E-state index contributed by atoms with van der Waals surface area (Å²) in [6.45, 7) is 17.6. The number of hydrogen-bond acceptors (Lipinski definition) is 1. The maximum atomic E-state index is 12.5. The zero-order valence-corrected chi connectivity index (χ0v) is 12.8. The van der Waals surface area contributed by atoms with E-state index in [-0.39, 0.29) is 16.1 Å². The Morgan fingerprint density at radius 1 is 0.938 bits per heavy atom. The van der Waals surface area contributed by atoms with E-state index in [1.54, 1.807) is 0 Å². The van der Waals surface area contributed by atoms with Crippen molar-refractivity contribution in [3.8, 4) is 0 Å². The second-order valence-electron chi connectivity index (χ2n) is 7.17. The van der Waals surface area contributed by atoms with Crippen LogP contribution in [0.4, 0.5) is 0 Å². The van der Waals surface area contributed by atoms with Crippen molar-refractivity contribution in [2.24, 2.45) is 16.7 Å². The first-order valence-electron chi connectivity index (χ1n) is 6.06. The molecule has 0 amide bonds. The fourth-order valence-corrected chi connectivity index (χ4v) is 5.17. The summed E-state index contributed by atoms with van der Waals surface area (Å²) in [5, 5.41) is 0.257. The van der Waals surface area contributed by atoms with Crippen LogP contribution in [0.5, 0.6) is 0 Å². The molecule has 1 heterocycles. The first kappa shape index (κ1) is 14.0. The lowest BCUT2D eigenvalue weighted by molar-refractivity contribution is 0.209. The lowest BCUT2D eigenvalue weighted by Crippen LogP contribution is -2.40. The van der Waals surface area contributed by atoms with Crippen LogP contribution in [-0.4, -0.2) is 9.46 Å². The van der Waals surface area contributed by atoms with Crippen molar-refractivity contribution >= 4 is 10.8 Å². The largest absolute Gasteiger partial charge is 0.254 e. The van der Waals surface area contributed by atoms with Gasteiger partial charge < -0.3 is 0 Å². The van der Waals surface area contributed by atoms with Crippen molar-refractivity contribution < 1.29 is 4.21 Å². The number of allylic oxidation sites excluding steroid dienone is 2. The second kappa shape index (κ2) is 3.97. The smallest absolute Gasteiger partial charge is 0.0527 e. The molecule has 1 rings (SSSR count). The van der Waals surface area contributed by atoms with Crippen molar-refractivity contribution in [3.63, 3.8) is 0 Å². The summed E-state index contributed by atoms with van der Waals surface area (Å²) in [6, 6.07) is 0. The molecule has 0 aromatic rings. The molecule has 0 fully saturated rings. The van der Waals surface area contributed by atoms with Crippen LogP contribution in [0.15, 0.2) is 10.5 Å². The normalized spacial score (nSPS) is 32.4. The van der Waals surface area contributed by atoms with Gasteiger partial charge in [0.1, 0.15) is 0 Å². The van der Waals surface area contributed by atoms with Crippen molar-refractivity contribution in [2.45, 2.75) is 60.6 Å². The van der Waals surface area contributed by atoms with Crippen LogP contribution in [0.1, 0.15) is 55.4 Å². The summed E-state index contributed by atoms with van der Waals surface area (Å²) in [6.07, 6.45) is 0. The lowest BCUT2D eigenvalue weighted by atomic mass is 9.69. The zero-order valence-electron chi connectivity index (χ0n) is 12.0. The highest BCUT2D eigenvalue weighted by molar-refractivity contribution is 7.90. The molecule has 0 bridgehead atoms. The monoisotopic (exact) mass is 242 g/mol. The van der Waals surface area contributed by atoms with E-state index in [1.807, 2.05) is 6.92 Å². The maximum absolute atomic E-state index is 12.5. The van der Waals surface area contributed by atoms with Crippen LogP contribution < -0.4 is 0 Å². The molecule has 3 unspecified atom stereocenters. The Bertz CT molecular complexity index is 339. The van der Waals surface area contributed by atoms with E-state index >= 15 is 0 Å². The molecule has 0 radical (unpaired) electrons. The minimum atomic E-state index is -0.802. The molecule has 0 spiro atoms. The lowest BCUT2D eigenvalue weighted by Gasteiger charge is -2.39. The Balaban J connectivity index is 3.27. The van der Waals surface area contributed by atoms with Crippen molar-refractivity contribution in [1.29, 1.82) is 0 Å². The van der Waals surface area contributed by atoms with Crippen molar-refractivity contribution in [1.82, 2.24) is 0 Å². The van der Waals surface area contributed by atoms with Gasteiger partial charge in [0.25, 0.3) is 0 Å². The highest BCUT2D eigenvalue weighted by Gasteiger charge is 2.48. The van der Waals surface area contributed by atoms with Gasteiger partial charge in [-0.3, -0.25) is 4.21 Å². The molecule has 16 heavy (non-hydrogen) atoms. The summed E-state index contributed by atoms with van der Waals surface area (Å²) in [5.41, 5.74) is 1.64. The van der Waals surface area contributed by atoms with Crippen molar-refractivity contribution in [2.75, 3.05) is 0 Å². The summed E-state index contributed by atoms with van der Waals surface area (Å²) >= 11 is 0. The van der Waals surface area contributed by atoms with Crippen molar-refractivity contribution in [3.05, 3.63) is 10.5 Å². The zero-order chi connectivity index (χ0) is 12.9. The maximum Gasteiger partial charge on any atom is 0.0527 e. The molecule has 3 atom stereocenters. The van der Waals surface area contributed by atoms with Gasteiger partial charge in [-0.05, 0) is 24.7 Å². The molecular weight excluding hydrogens is 216 g/mol. The summed E-state index contributed by atoms with van der Waals surface area (Å²) in [7, 11) is -0.802. The van der Waals surface area contributed by atoms with E-state index in [1.165, 1.54) is 5.57 Å². The minimum absolute atomic E-state index is 0.0990. The Morgan fingerprint density at radius 3 is 1.62 bits per heavy atom. The van der Waals surface area contributed by atoms with Gasteiger partial charge in [0.05, 0.1) is 16.0 Å². The van der Waals surface area contributed by atoms with Gasteiger partial charge in [-0.2, -0.15) is 0 Å². The fourth-order valence-electron chi connectivity index (χ4n) is 2.84. The van der Waals surface area contributed by atoms with Gasteiger partial charge in [-0.15, -0.1) is 0 Å². The van der Waals surface area contributed by atoms with Crippen LogP contribution in [-0.2, 0) is 10.8 Å². The van der Waals surface area contributed by atoms with Crippen LogP contribution in [0, 0.1) is 16.7 Å². The Hall–Kier alpha value is -0.110. The SMILES string of the molecule is CC1=C(C)S(=O)C(C(C)(C)C)C1C(C)(C)C. The van der Waals surface area contributed by atoms with E-state index < -0.39 is 10.8 Å². The molecule has 1 aliphatic rings. The highest BCUT2D eigenvalue weighted by Crippen LogP contribution is 2.49. The summed E-state index contributed by atoms with van der Waals surface area (Å²) in [4.78, 5) is 1.11. The second-order valence-corrected chi connectivity index (χ2v) is 8.88. The number of rotatable bonds is 0. The molecule has 0 N–H and O–H groups in total. The van der Waals surface area contributed by atoms with E-state index in [0.717, 1.165) is 4.91 Å². The van der Waals surface area contributed by atoms with Gasteiger partial charge in [0.2, 0.25) is 0 Å². The third-order valence-electron chi connectivity index (χ3n) is 3.64. The van der Waals surface area contributed by atoms with Crippen LogP contribution in [0.25, 0.3) is 0 Å². The minimum Gasteiger partial charge on any atom is -0.254 e. The quantitative estimate of drug-likeness (QED) is 0.624. The van der Waals surface area contributed by atoms with Gasteiger partial charge in [0, 0.05) is 10.8 Å².